The molecular weight excluding hydrogens is 171 g/mol. The Morgan fingerprint density at radius 1 is 1.69 bits per heavy atom. The zero-order valence-corrected chi connectivity index (χ0v) is 7.07. The number of aliphatic hydroxyl groups is 1. The molecule has 0 bridgehead atoms. The smallest absolute Gasteiger partial charge is 0.214 e. The molecule has 0 radical (unpaired) electrons. The van der Waals surface area contributed by atoms with E-state index in [-0.39, 0.29) is 12.6 Å². The van der Waals surface area contributed by atoms with Crippen LogP contribution in [0.3, 0.4) is 0 Å². The number of nitrogens with zero attached hydrogens (tertiary/aromatic N) is 1. The number of hydrogen-bond donors (Lipinski definition) is 2. The summed E-state index contributed by atoms with van der Waals surface area (Å²) in [7, 11) is 0. The van der Waals surface area contributed by atoms with Gasteiger partial charge in [-0.1, -0.05) is 12.1 Å². The van der Waals surface area contributed by atoms with Gasteiger partial charge in [0.2, 0.25) is 5.95 Å². The van der Waals surface area contributed by atoms with E-state index in [2.05, 4.69) is 16.9 Å². The molecule has 1 unspecified atom stereocenters. The van der Waals surface area contributed by atoms with Crippen LogP contribution in [-0.2, 0) is 0 Å². The van der Waals surface area contributed by atoms with E-state index in [1.165, 1.54) is 12.1 Å². The molecule has 0 aliphatic heterocycles. The van der Waals surface area contributed by atoms with Crippen LogP contribution in [0.25, 0.3) is 0 Å². The molecule has 1 heterocycles. The molecule has 4 heteroatoms. The van der Waals surface area contributed by atoms with Gasteiger partial charge in [-0.15, -0.1) is 6.58 Å². The lowest BCUT2D eigenvalue weighted by Gasteiger charge is -2.11. The van der Waals surface area contributed by atoms with Gasteiger partial charge in [0.25, 0.3) is 0 Å². The third-order valence-electron chi connectivity index (χ3n) is 1.53. The number of hydrogen-bond acceptors (Lipinski definition) is 3. The Kier molecular flexibility index (Phi) is 3.40. The zero-order valence-electron chi connectivity index (χ0n) is 7.07. The van der Waals surface area contributed by atoms with Gasteiger partial charge < -0.3 is 10.4 Å². The van der Waals surface area contributed by atoms with Gasteiger partial charge in [-0.3, -0.25) is 0 Å². The summed E-state index contributed by atoms with van der Waals surface area (Å²) in [6, 6.07) is 4.12. The van der Waals surface area contributed by atoms with E-state index in [4.69, 9.17) is 5.11 Å². The Balaban J connectivity index is 2.67. The highest BCUT2D eigenvalue weighted by Gasteiger charge is 2.02. The van der Waals surface area contributed by atoms with Gasteiger partial charge >= 0.3 is 0 Å². The van der Waals surface area contributed by atoms with Crippen LogP contribution in [0.2, 0.25) is 0 Å². The van der Waals surface area contributed by atoms with Crippen LogP contribution in [0.4, 0.5) is 10.2 Å². The highest BCUT2D eigenvalue weighted by molar-refractivity contribution is 5.36. The van der Waals surface area contributed by atoms with E-state index in [0.29, 0.717) is 5.82 Å². The first kappa shape index (κ1) is 9.67. The fourth-order valence-corrected chi connectivity index (χ4v) is 0.858. The summed E-state index contributed by atoms with van der Waals surface area (Å²) < 4.78 is 12.6. The molecule has 70 valence electrons. The Morgan fingerprint density at radius 2 is 2.46 bits per heavy atom. The van der Waals surface area contributed by atoms with E-state index < -0.39 is 5.95 Å². The van der Waals surface area contributed by atoms with Gasteiger partial charge in [-0.2, -0.15) is 4.39 Å². The lowest BCUT2D eigenvalue weighted by Crippen LogP contribution is -2.21. The molecule has 1 atom stereocenters. The molecule has 0 spiro atoms. The fourth-order valence-electron chi connectivity index (χ4n) is 0.858. The molecule has 0 aliphatic carbocycles. The minimum Gasteiger partial charge on any atom is -0.394 e. The molecule has 2 N–H and O–H groups in total. The first-order valence-electron chi connectivity index (χ1n) is 3.88. The van der Waals surface area contributed by atoms with Crippen molar-refractivity contribution in [2.75, 3.05) is 11.9 Å². The maximum absolute atomic E-state index is 12.6. The van der Waals surface area contributed by atoms with Crippen LogP contribution in [-0.4, -0.2) is 22.7 Å². The van der Waals surface area contributed by atoms with E-state index in [9.17, 15) is 4.39 Å². The summed E-state index contributed by atoms with van der Waals surface area (Å²) in [5.41, 5.74) is 0. The van der Waals surface area contributed by atoms with Crippen molar-refractivity contribution in [2.45, 2.75) is 6.04 Å². The molecule has 13 heavy (non-hydrogen) atoms. The summed E-state index contributed by atoms with van der Waals surface area (Å²) in [6.07, 6.45) is 1.53. The van der Waals surface area contributed by atoms with Gasteiger partial charge in [0.1, 0.15) is 5.82 Å². The van der Waals surface area contributed by atoms with Crippen molar-refractivity contribution >= 4 is 5.82 Å². The monoisotopic (exact) mass is 182 g/mol. The van der Waals surface area contributed by atoms with Crippen molar-refractivity contribution in [1.29, 1.82) is 0 Å². The van der Waals surface area contributed by atoms with Crippen molar-refractivity contribution in [3.05, 3.63) is 36.8 Å². The van der Waals surface area contributed by atoms with Crippen LogP contribution in [0.5, 0.6) is 0 Å². The number of aromatic nitrogens is 1. The summed E-state index contributed by atoms with van der Waals surface area (Å²) in [4.78, 5) is 3.57. The van der Waals surface area contributed by atoms with E-state index >= 15 is 0 Å². The number of aliphatic hydroxyl groups excluding tert-OH is 1. The van der Waals surface area contributed by atoms with Crippen molar-refractivity contribution < 1.29 is 9.50 Å². The summed E-state index contributed by atoms with van der Waals surface area (Å²) in [5.74, 6) is -0.162. The average Bonchev–Trinajstić information content (AvgIpc) is 2.14. The van der Waals surface area contributed by atoms with Gasteiger partial charge in [-0.25, -0.2) is 4.98 Å². The quantitative estimate of drug-likeness (QED) is 0.543. The third kappa shape index (κ3) is 2.83. The fraction of sp³-hybridized carbons (Fsp3) is 0.222. The molecule has 0 amide bonds. The number of halogens is 1. The normalized spacial score (nSPS) is 12.2. The first-order valence-corrected chi connectivity index (χ1v) is 3.88. The van der Waals surface area contributed by atoms with Crippen LogP contribution < -0.4 is 5.32 Å². The molecule has 3 nitrogen and oxygen atoms in total. The summed E-state index contributed by atoms with van der Waals surface area (Å²) >= 11 is 0. The van der Waals surface area contributed by atoms with Crippen molar-refractivity contribution in [3.8, 4) is 0 Å². The second-order valence-electron chi connectivity index (χ2n) is 2.51. The van der Waals surface area contributed by atoms with Crippen molar-refractivity contribution in [2.24, 2.45) is 0 Å². The van der Waals surface area contributed by atoms with Crippen LogP contribution in [0, 0.1) is 5.95 Å². The zero-order chi connectivity index (χ0) is 9.68. The van der Waals surface area contributed by atoms with Gasteiger partial charge in [0.15, 0.2) is 0 Å². The Bertz CT molecular complexity index is 291. The molecule has 0 fully saturated rings. The molecule has 0 aromatic carbocycles. The van der Waals surface area contributed by atoms with Crippen molar-refractivity contribution in [1.82, 2.24) is 4.98 Å². The lowest BCUT2D eigenvalue weighted by atomic mass is 10.3. The topological polar surface area (TPSA) is 45.1 Å². The van der Waals surface area contributed by atoms with Gasteiger partial charge in [0.05, 0.1) is 12.6 Å². The second kappa shape index (κ2) is 4.57. The Labute approximate surface area is 75.9 Å². The summed E-state index contributed by atoms with van der Waals surface area (Å²) in [6.45, 7) is 3.41. The minimum atomic E-state index is -0.550. The molecule has 1 aromatic rings. The summed E-state index contributed by atoms with van der Waals surface area (Å²) in [5, 5.41) is 11.6. The second-order valence-corrected chi connectivity index (χ2v) is 2.51. The molecule has 0 saturated carbocycles. The standard InChI is InChI=1S/C9H11FN2O/c1-2-7(6-13)11-9-5-3-4-8(10)12-9/h2-5,7,13H,1,6H2,(H,11,12). The Morgan fingerprint density at radius 3 is 3.00 bits per heavy atom. The highest BCUT2D eigenvalue weighted by Crippen LogP contribution is 2.05. The minimum absolute atomic E-state index is 0.0955. The van der Waals surface area contributed by atoms with Crippen molar-refractivity contribution in [3.63, 3.8) is 0 Å². The number of pyridine rings is 1. The average molecular weight is 182 g/mol. The van der Waals surface area contributed by atoms with E-state index in [0.717, 1.165) is 0 Å². The number of anilines is 1. The van der Waals surface area contributed by atoms with E-state index in [1.54, 1.807) is 12.1 Å². The SMILES string of the molecule is C=CC(CO)Nc1cccc(F)n1. The highest BCUT2D eigenvalue weighted by atomic mass is 19.1. The van der Waals surface area contributed by atoms with Crippen LogP contribution in [0.1, 0.15) is 0 Å². The molecule has 1 aromatic heterocycles. The molecule has 1 rings (SSSR count). The lowest BCUT2D eigenvalue weighted by molar-refractivity contribution is 0.290. The maximum Gasteiger partial charge on any atom is 0.214 e. The van der Waals surface area contributed by atoms with Gasteiger partial charge in [-0.05, 0) is 12.1 Å². The van der Waals surface area contributed by atoms with E-state index in [1.807, 2.05) is 0 Å². The van der Waals surface area contributed by atoms with Crippen LogP contribution in [0.15, 0.2) is 30.9 Å². The number of rotatable bonds is 4. The molecular formula is C9H11FN2O. The maximum atomic E-state index is 12.6. The predicted octanol–water partition coefficient (Wildman–Crippen LogP) is 1.18. The molecule has 0 aliphatic rings. The number of nitrogens with one attached hydrogen (secondary N) is 1. The van der Waals surface area contributed by atoms with Gasteiger partial charge in [0, 0.05) is 0 Å². The molecule has 0 saturated heterocycles. The predicted molar refractivity (Wildman–Crippen MR) is 48.9 cm³/mol. The van der Waals surface area contributed by atoms with Crippen LogP contribution >= 0.6 is 0 Å². The Hall–Kier alpha value is -1.42. The largest absolute Gasteiger partial charge is 0.394 e. The third-order valence-corrected chi connectivity index (χ3v) is 1.53. The first-order chi connectivity index (χ1) is 6.26.